The third kappa shape index (κ3) is 9.27. The first-order valence-electron chi connectivity index (χ1n) is 16.9. The number of benzene rings is 3. The Labute approximate surface area is 325 Å². The summed E-state index contributed by atoms with van der Waals surface area (Å²) in [5, 5.41) is 0.995. The standard InChI is InChI=1S/C35H40Cl2FN5O7S2.ClH/c1-3-50-30-23-29(38)31(52(47,48)42-16-19-49-20-17-42)22-28(30)34-39-32(24-4-8-26(36)9-5-24)33(25-6-10-27(37)11-7-25)43(34)35(44)41-14-12-40(13-15-41)18-21-51(2,45)46;/h4-11,22-23,32-33H,3,12-21H2,1-2H3;1H/t32-,33+;/m0./s1. The summed E-state index contributed by atoms with van der Waals surface area (Å²) in [6.45, 7) is 4.12. The number of urea groups is 1. The molecule has 2 saturated heterocycles. The predicted octanol–water partition coefficient (Wildman–Crippen LogP) is 5.30. The van der Waals surface area contributed by atoms with Crippen LogP contribution in [0.3, 0.4) is 0 Å². The topological polar surface area (TPSA) is 129 Å². The Kier molecular flexibility index (Phi) is 13.3. The van der Waals surface area contributed by atoms with Crippen molar-refractivity contribution in [1.29, 1.82) is 0 Å². The summed E-state index contributed by atoms with van der Waals surface area (Å²) in [6.07, 6.45) is 1.19. The quantitative estimate of drug-likeness (QED) is 0.270. The molecule has 6 rings (SSSR count). The molecule has 3 aromatic carbocycles. The number of amidine groups is 1. The first-order chi connectivity index (χ1) is 24.8. The van der Waals surface area contributed by atoms with Gasteiger partial charge in [0, 0.05) is 68.2 Å². The van der Waals surface area contributed by atoms with Crippen molar-refractivity contribution in [2.24, 2.45) is 4.99 Å². The number of ether oxygens (including phenoxy) is 2. The largest absolute Gasteiger partial charge is 0.493 e. The van der Waals surface area contributed by atoms with Gasteiger partial charge in [-0.2, -0.15) is 4.31 Å². The molecule has 53 heavy (non-hydrogen) atoms. The maximum absolute atomic E-state index is 15.9. The molecule has 0 N–H and O–H groups in total. The smallest absolute Gasteiger partial charge is 0.326 e. The number of morpholine rings is 1. The molecule has 0 spiro atoms. The van der Waals surface area contributed by atoms with Gasteiger partial charge in [-0.1, -0.05) is 47.5 Å². The second-order valence-corrected chi connectivity index (χ2v) is 17.8. The van der Waals surface area contributed by atoms with Crippen LogP contribution in [-0.4, -0.2) is 125 Å². The van der Waals surface area contributed by atoms with Gasteiger partial charge in [-0.05, 0) is 48.4 Å². The van der Waals surface area contributed by atoms with Gasteiger partial charge in [0.15, 0.2) is 0 Å². The van der Waals surface area contributed by atoms with Crippen LogP contribution in [0.5, 0.6) is 5.75 Å². The lowest BCUT2D eigenvalue weighted by Gasteiger charge is -2.39. The van der Waals surface area contributed by atoms with Crippen LogP contribution in [0.25, 0.3) is 0 Å². The van der Waals surface area contributed by atoms with E-state index in [9.17, 15) is 21.6 Å². The summed E-state index contributed by atoms with van der Waals surface area (Å²) in [4.78, 5) is 24.6. The predicted molar refractivity (Wildman–Crippen MR) is 204 cm³/mol. The minimum Gasteiger partial charge on any atom is -0.493 e. The molecule has 3 heterocycles. The number of hydrogen-bond donors (Lipinski definition) is 0. The van der Waals surface area contributed by atoms with Gasteiger partial charge in [0.2, 0.25) is 10.0 Å². The molecular formula is C35H41Cl3FN5O7S2. The summed E-state index contributed by atoms with van der Waals surface area (Å²) in [7, 11) is -7.49. The third-order valence-electron chi connectivity index (χ3n) is 9.28. The van der Waals surface area contributed by atoms with Crippen molar-refractivity contribution in [3.05, 3.63) is 93.2 Å². The SMILES string of the molecule is CCOc1cc(F)c(S(=O)(=O)N2CCOCC2)cc1C1=N[C@@H](c2ccc(Cl)cc2)[C@@H](c2ccc(Cl)cc2)N1C(=O)N1CCN(CCS(C)(=O)=O)CC1.Cl. The Hall–Kier alpha value is -3.02. The molecule has 2 amide bonds. The summed E-state index contributed by atoms with van der Waals surface area (Å²) < 4.78 is 79.7. The summed E-state index contributed by atoms with van der Waals surface area (Å²) in [6, 6.07) is 14.5. The van der Waals surface area contributed by atoms with E-state index < -0.39 is 48.7 Å². The highest BCUT2D eigenvalue weighted by molar-refractivity contribution is 7.90. The van der Waals surface area contributed by atoms with E-state index in [2.05, 4.69) is 0 Å². The number of aliphatic imine (C=N–C) groups is 1. The van der Waals surface area contributed by atoms with E-state index in [1.165, 1.54) is 21.5 Å². The van der Waals surface area contributed by atoms with E-state index in [0.717, 1.165) is 11.6 Å². The number of sulfonamides is 1. The van der Waals surface area contributed by atoms with Crippen LogP contribution in [0.2, 0.25) is 10.0 Å². The number of carbonyl (C=O) groups is 1. The molecule has 3 aliphatic heterocycles. The van der Waals surface area contributed by atoms with Gasteiger partial charge in [0.25, 0.3) is 0 Å². The average Bonchev–Trinajstić information content (AvgIpc) is 3.52. The fourth-order valence-corrected chi connectivity index (χ4v) is 8.89. The number of halogens is 4. The Morgan fingerprint density at radius 1 is 0.906 bits per heavy atom. The molecule has 3 aliphatic rings. The van der Waals surface area contributed by atoms with Crippen LogP contribution in [-0.2, 0) is 24.6 Å². The fraction of sp³-hybridized carbons (Fsp3) is 0.429. The minimum absolute atomic E-state index is 0. The Balaban J connectivity index is 0.00000541. The Bertz CT molecular complexity index is 2030. The second kappa shape index (κ2) is 17.2. The van der Waals surface area contributed by atoms with Crippen LogP contribution in [0.4, 0.5) is 9.18 Å². The number of amides is 2. The van der Waals surface area contributed by atoms with E-state index >= 15 is 4.39 Å². The minimum atomic E-state index is -4.32. The number of nitrogens with zero attached hydrogens (tertiary/aromatic N) is 5. The van der Waals surface area contributed by atoms with Crippen LogP contribution in [0.1, 0.15) is 35.7 Å². The molecule has 288 valence electrons. The number of sulfone groups is 1. The van der Waals surface area contributed by atoms with E-state index in [1.807, 2.05) is 17.0 Å². The van der Waals surface area contributed by atoms with Crippen molar-refractivity contribution in [3.8, 4) is 5.75 Å². The van der Waals surface area contributed by atoms with Gasteiger partial charge in [0.05, 0.1) is 37.2 Å². The van der Waals surface area contributed by atoms with Gasteiger partial charge in [0.1, 0.15) is 38.2 Å². The summed E-state index contributed by atoms with van der Waals surface area (Å²) >= 11 is 12.6. The van der Waals surface area contributed by atoms with Crippen LogP contribution < -0.4 is 4.74 Å². The summed E-state index contributed by atoms with van der Waals surface area (Å²) in [5.41, 5.74) is 1.55. The second-order valence-electron chi connectivity index (χ2n) is 12.8. The van der Waals surface area contributed by atoms with Gasteiger partial charge in [-0.25, -0.2) is 26.0 Å². The normalized spacial score (nSPS) is 20.2. The van der Waals surface area contributed by atoms with Crippen molar-refractivity contribution >= 4 is 67.3 Å². The van der Waals surface area contributed by atoms with Crippen molar-refractivity contribution in [1.82, 2.24) is 19.0 Å². The molecule has 0 saturated carbocycles. The molecule has 2 atom stereocenters. The molecule has 2 fully saturated rings. The molecule has 0 aliphatic carbocycles. The van der Waals surface area contributed by atoms with E-state index in [0.29, 0.717) is 48.3 Å². The molecule has 12 nitrogen and oxygen atoms in total. The molecule has 18 heteroatoms. The van der Waals surface area contributed by atoms with Crippen molar-refractivity contribution < 1.29 is 35.5 Å². The zero-order chi connectivity index (χ0) is 37.2. The highest BCUT2D eigenvalue weighted by atomic mass is 35.5. The highest BCUT2D eigenvalue weighted by Gasteiger charge is 2.45. The van der Waals surface area contributed by atoms with Crippen LogP contribution >= 0.6 is 35.6 Å². The van der Waals surface area contributed by atoms with E-state index in [-0.39, 0.29) is 68.2 Å². The number of carbonyl (C=O) groups excluding carboxylic acids is 1. The Morgan fingerprint density at radius 3 is 2.06 bits per heavy atom. The first-order valence-corrected chi connectivity index (χ1v) is 21.1. The lowest BCUT2D eigenvalue weighted by Crippen LogP contribution is -2.54. The third-order valence-corrected chi connectivity index (χ3v) is 12.6. The monoisotopic (exact) mass is 831 g/mol. The van der Waals surface area contributed by atoms with Gasteiger partial charge >= 0.3 is 6.03 Å². The number of hydrogen-bond acceptors (Lipinski definition) is 9. The fourth-order valence-electron chi connectivity index (χ4n) is 6.57. The van der Waals surface area contributed by atoms with Gasteiger partial charge in [-0.3, -0.25) is 14.8 Å². The molecule has 0 aromatic heterocycles. The van der Waals surface area contributed by atoms with Crippen molar-refractivity contribution in [3.63, 3.8) is 0 Å². The zero-order valence-corrected chi connectivity index (χ0v) is 33.1. The van der Waals surface area contributed by atoms with Crippen LogP contribution in [0.15, 0.2) is 70.6 Å². The zero-order valence-electron chi connectivity index (χ0n) is 29.2. The average molecular weight is 833 g/mol. The van der Waals surface area contributed by atoms with Crippen LogP contribution in [0, 0.1) is 5.82 Å². The highest BCUT2D eigenvalue weighted by Crippen LogP contribution is 2.46. The first kappa shape index (κ1) is 41.1. The maximum Gasteiger partial charge on any atom is 0.326 e. The van der Waals surface area contributed by atoms with Gasteiger partial charge < -0.3 is 14.4 Å². The van der Waals surface area contributed by atoms with Crippen molar-refractivity contribution in [2.45, 2.75) is 23.9 Å². The number of piperazine rings is 1. The summed E-state index contributed by atoms with van der Waals surface area (Å²) in [5.74, 6) is -0.865. The van der Waals surface area contributed by atoms with Gasteiger partial charge in [-0.15, -0.1) is 12.4 Å². The lowest BCUT2D eigenvalue weighted by molar-refractivity contribution is 0.0729. The molecule has 0 radical (unpaired) electrons. The molecule has 0 bridgehead atoms. The van der Waals surface area contributed by atoms with E-state index in [1.54, 1.807) is 48.2 Å². The number of rotatable bonds is 10. The Morgan fingerprint density at radius 2 is 1.49 bits per heavy atom. The molecule has 3 aromatic rings. The lowest BCUT2D eigenvalue weighted by atomic mass is 9.93. The maximum atomic E-state index is 15.9. The van der Waals surface area contributed by atoms with E-state index in [4.69, 9.17) is 37.7 Å². The molecular weight excluding hydrogens is 792 g/mol. The molecule has 0 unspecified atom stereocenters. The van der Waals surface area contributed by atoms with Crippen molar-refractivity contribution in [2.75, 3.05) is 77.6 Å².